The van der Waals surface area contributed by atoms with Crippen LogP contribution in [0.3, 0.4) is 0 Å². The number of aryl methyl sites for hydroxylation is 1. The second-order valence-electron chi connectivity index (χ2n) is 6.16. The van der Waals surface area contributed by atoms with E-state index in [4.69, 9.17) is 0 Å². The minimum absolute atomic E-state index is 0.111. The third-order valence-corrected chi connectivity index (χ3v) is 5.00. The van der Waals surface area contributed by atoms with Gasteiger partial charge in [-0.3, -0.25) is 4.79 Å². The summed E-state index contributed by atoms with van der Waals surface area (Å²) in [6.45, 7) is 5.54. The highest BCUT2D eigenvalue weighted by molar-refractivity contribution is 6.07. The SMILES string of the molecule is Cc1ncnc(N2CCC3(C2)C(=O)Nc2ccccc23)c1C. The highest BCUT2D eigenvalue weighted by Crippen LogP contribution is 2.45. The highest BCUT2D eigenvalue weighted by atomic mass is 16.2. The molecule has 112 valence electrons. The molecule has 0 saturated carbocycles. The van der Waals surface area contributed by atoms with E-state index in [-0.39, 0.29) is 5.91 Å². The number of nitrogens with one attached hydrogen (secondary N) is 1. The molecule has 1 aromatic carbocycles. The van der Waals surface area contributed by atoms with Gasteiger partial charge >= 0.3 is 0 Å². The van der Waals surface area contributed by atoms with E-state index in [1.807, 2.05) is 32.0 Å². The van der Waals surface area contributed by atoms with Crippen LogP contribution in [0.5, 0.6) is 0 Å². The number of hydrogen-bond acceptors (Lipinski definition) is 4. The normalized spacial score (nSPS) is 23.0. The zero-order chi connectivity index (χ0) is 15.3. The number of para-hydroxylation sites is 1. The monoisotopic (exact) mass is 294 g/mol. The largest absolute Gasteiger partial charge is 0.355 e. The molecule has 1 fully saturated rings. The zero-order valence-corrected chi connectivity index (χ0v) is 12.8. The molecule has 2 aromatic rings. The van der Waals surface area contributed by atoms with Crippen molar-refractivity contribution in [2.45, 2.75) is 25.7 Å². The Morgan fingerprint density at radius 3 is 2.91 bits per heavy atom. The van der Waals surface area contributed by atoms with Gasteiger partial charge in [0.25, 0.3) is 0 Å². The zero-order valence-electron chi connectivity index (χ0n) is 12.8. The molecule has 5 heteroatoms. The Morgan fingerprint density at radius 2 is 2.05 bits per heavy atom. The molecule has 2 aliphatic heterocycles. The van der Waals surface area contributed by atoms with E-state index in [0.717, 1.165) is 41.3 Å². The number of carbonyl (C=O) groups is 1. The van der Waals surface area contributed by atoms with Crippen LogP contribution in [0, 0.1) is 13.8 Å². The van der Waals surface area contributed by atoms with E-state index >= 15 is 0 Å². The second-order valence-corrected chi connectivity index (χ2v) is 6.16. The van der Waals surface area contributed by atoms with Gasteiger partial charge in [-0.05, 0) is 31.9 Å². The Bertz CT molecular complexity index is 773. The summed E-state index contributed by atoms with van der Waals surface area (Å²) < 4.78 is 0. The summed E-state index contributed by atoms with van der Waals surface area (Å²) in [5.74, 6) is 1.06. The number of benzene rings is 1. The van der Waals surface area contributed by atoms with Crippen LogP contribution in [-0.2, 0) is 10.2 Å². The molecule has 4 rings (SSSR count). The van der Waals surface area contributed by atoms with E-state index in [2.05, 4.69) is 26.3 Å². The van der Waals surface area contributed by atoms with Crippen LogP contribution in [0.4, 0.5) is 11.5 Å². The maximum Gasteiger partial charge on any atom is 0.236 e. The standard InChI is InChI=1S/C17H18N4O/c1-11-12(2)18-10-19-15(11)21-8-7-17(9-21)13-5-3-4-6-14(13)20-16(17)22/h3-6,10H,7-9H2,1-2H3,(H,20,22). The summed E-state index contributed by atoms with van der Waals surface area (Å²) in [5.41, 5.74) is 3.70. The smallest absolute Gasteiger partial charge is 0.236 e. The maximum atomic E-state index is 12.6. The lowest BCUT2D eigenvalue weighted by Gasteiger charge is -2.24. The predicted octanol–water partition coefficient (Wildman–Crippen LogP) is 2.19. The third-order valence-electron chi connectivity index (χ3n) is 5.00. The number of rotatable bonds is 1. The molecule has 3 heterocycles. The van der Waals surface area contributed by atoms with Gasteiger partial charge in [-0.1, -0.05) is 18.2 Å². The topological polar surface area (TPSA) is 58.1 Å². The fourth-order valence-corrected chi connectivity index (χ4v) is 3.61. The van der Waals surface area contributed by atoms with Crippen molar-refractivity contribution < 1.29 is 4.79 Å². The summed E-state index contributed by atoms with van der Waals surface area (Å²) in [4.78, 5) is 23.5. The number of amides is 1. The Labute approximate surface area is 129 Å². The van der Waals surface area contributed by atoms with Crippen LogP contribution in [0.25, 0.3) is 0 Å². The van der Waals surface area contributed by atoms with Gasteiger partial charge < -0.3 is 10.2 Å². The average Bonchev–Trinajstić information content (AvgIpc) is 3.07. The molecule has 5 nitrogen and oxygen atoms in total. The number of nitrogens with zero attached hydrogens (tertiary/aromatic N) is 3. The van der Waals surface area contributed by atoms with Crippen molar-refractivity contribution in [1.82, 2.24) is 9.97 Å². The molecule has 1 saturated heterocycles. The summed E-state index contributed by atoms with van der Waals surface area (Å²) in [6.07, 6.45) is 2.42. The van der Waals surface area contributed by atoms with Gasteiger partial charge in [0, 0.05) is 30.0 Å². The molecule has 1 aromatic heterocycles. The number of anilines is 2. The fraction of sp³-hybridized carbons (Fsp3) is 0.353. The first-order chi connectivity index (χ1) is 10.6. The molecular weight excluding hydrogens is 276 g/mol. The first-order valence-electron chi connectivity index (χ1n) is 7.56. The predicted molar refractivity (Wildman–Crippen MR) is 85.1 cm³/mol. The maximum absolute atomic E-state index is 12.6. The van der Waals surface area contributed by atoms with E-state index in [0.29, 0.717) is 6.54 Å². The molecule has 0 bridgehead atoms. The Balaban J connectivity index is 1.74. The fourth-order valence-electron chi connectivity index (χ4n) is 3.61. The highest BCUT2D eigenvalue weighted by Gasteiger charge is 2.51. The van der Waals surface area contributed by atoms with Crippen molar-refractivity contribution in [1.29, 1.82) is 0 Å². The lowest BCUT2D eigenvalue weighted by atomic mass is 9.81. The lowest BCUT2D eigenvalue weighted by molar-refractivity contribution is -0.120. The van der Waals surface area contributed by atoms with Crippen molar-refractivity contribution in [3.8, 4) is 0 Å². The van der Waals surface area contributed by atoms with Gasteiger partial charge in [-0.15, -0.1) is 0 Å². The van der Waals surface area contributed by atoms with E-state index < -0.39 is 5.41 Å². The van der Waals surface area contributed by atoms with Gasteiger partial charge in [-0.2, -0.15) is 0 Å². The number of carbonyl (C=O) groups excluding carboxylic acids is 1. The van der Waals surface area contributed by atoms with Crippen LogP contribution in [0.2, 0.25) is 0 Å². The minimum atomic E-state index is -0.443. The van der Waals surface area contributed by atoms with Gasteiger partial charge in [0.15, 0.2) is 0 Å². The molecule has 22 heavy (non-hydrogen) atoms. The van der Waals surface area contributed by atoms with E-state index in [1.165, 1.54) is 0 Å². The van der Waals surface area contributed by atoms with Crippen LogP contribution >= 0.6 is 0 Å². The summed E-state index contributed by atoms with van der Waals surface area (Å²) in [5, 5.41) is 3.03. The van der Waals surface area contributed by atoms with Crippen molar-refractivity contribution in [2.24, 2.45) is 0 Å². The minimum Gasteiger partial charge on any atom is -0.355 e. The number of hydrogen-bond donors (Lipinski definition) is 1. The lowest BCUT2D eigenvalue weighted by Crippen LogP contribution is -2.38. The average molecular weight is 294 g/mol. The molecule has 1 atom stereocenters. The molecule has 2 aliphatic rings. The molecule has 1 unspecified atom stereocenters. The van der Waals surface area contributed by atoms with Crippen molar-refractivity contribution >= 4 is 17.4 Å². The molecule has 0 aliphatic carbocycles. The van der Waals surface area contributed by atoms with Gasteiger partial charge in [-0.25, -0.2) is 9.97 Å². The quantitative estimate of drug-likeness (QED) is 0.876. The third kappa shape index (κ3) is 1.68. The Hall–Kier alpha value is -2.43. The molecular formula is C17H18N4O. The van der Waals surface area contributed by atoms with Gasteiger partial charge in [0.2, 0.25) is 5.91 Å². The molecule has 1 amide bonds. The van der Waals surface area contributed by atoms with Crippen molar-refractivity contribution in [3.05, 3.63) is 47.4 Å². The number of fused-ring (bicyclic) bond motifs is 2. The summed E-state index contributed by atoms with van der Waals surface area (Å²) in [6, 6.07) is 8.01. The van der Waals surface area contributed by atoms with E-state index in [1.54, 1.807) is 6.33 Å². The molecule has 1 spiro atoms. The Morgan fingerprint density at radius 1 is 1.23 bits per heavy atom. The van der Waals surface area contributed by atoms with Crippen LogP contribution in [-0.4, -0.2) is 29.0 Å². The van der Waals surface area contributed by atoms with Crippen LogP contribution in [0.1, 0.15) is 23.2 Å². The van der Waals surface area contributed by atoms with Crippen molar-refractivity contribution in [2.75, 3.05) is 23.3 Å². The van der Waals surface area contributed by atoms with Crippen LogP contribution < -0.4 is 10.2 Å². The summed E-state index contributed by atoms with van der Waals surface area (Å²) in [7, 11) is 0. The first kappa shape index (κ1) is 13.2. The number of aromatic nitrogens is 2. The van der Waals surface area contributed by atoms with Crippen molar-refractivity contribution in [3.63, 3.8) is 0 Å². The van der Waals surface area contributed by atoms with Gasteiger partial charge in [0.1, 0.15) is 12.1 Å². The van der Waals surface area contributed by atoms with Crippen LogP contribution in [0.15, 0.2) is 30.6 Å². The summed E-state index contributed by atoms with van der Waals surface area (Å²) >= 11 is 0. The molecule has 0 radical (unpaired) electrons. The first-order valence-corrected chi connectivity index (χ1v) is 7.56. The Kier molecular flexibility index (Phi) is 2.73. The molecule has 1 N–H and O–H groups in total. The van der Waals surface area contributed by atoms with E-state index in [9.17, 15) is 4.79 Å². The second kappa shape index (κ2) is 4.53. The van der Waals surface area contributed by atoms with Gasteiger partial charge in [0.05, 0.1) is 5.41 Å².